The third-order valence-electron chi connectivity index (χ3n) is 4.54. The summed E-state index contributed by atoms with van der Waals surface area (Å²) in [7, 11) is 0. The molecule has 0 fully saturated rings. The monoisotopic (exact) mass is 358 g/mol. The lowest BCUT2D eigenvalue weighted by atomic mass is 10.1. The van der Waals surface area contributed by atoms with E-state index in [-0.39, 0.29) is 11.0 Å². The Morgan fingerprint density at radius 3 is 2.74 bits per heavy atom. The minimum absolute atomic E-state index is 0.0934. The van der Waals surface area contributed by atoms with Gasteiger partial charge in [-0.15, -0.1) is 0 Å². The second kappa shape index (κ2) is 6.64. The molecule has 1 aromatic carbocycles. The Morgan fingerprint density at radius 2 is 1.93 bits per heavy atom. The van der Waals surface area contributed by atoms with Crippen LogP contribution in [0.1, 0.15) is 23.0 Å². The SMILES string of the molecule is CCn1cc(C(=O)Nc2ccnc3ccccc23)c(=O)c2ccc(C)nc21. The maximum Gasteiger partial charge on any atom is 0.261 e. The number of benzene rings is 1. The molecule has 1 amide bonds. The molecule has 6 heteroatoms. The number of aromatic nitrogens is 3. The highest BCUT2D eigenvalue weighted by Gasteiger charge is 2.17. The maximum atomic E-state index is 12.9. The topological polar surface area (TPSA) is 76.9 Å². The van der Waals surface area contributed by atoms with Gasteiger partial charge >= 0.3 is 0 Å². The summed E-state index contributed by atoms with van der Waals surface area (Å²) >= 11 is 0. The lowest BCUT2D eigenvalue weighted by Crippen LogP contribution is -2.24. The van der Waals surface area contributed by atoms with Crippen LogP contribution < -0.4 is 10.7 Å². The van der Waals surface area contributed by atoms with E-state index in [1.807, 2.05) is 42.7 Å². The molecule has 3 aromatic heterocycles. The van der Waals surface area contributed by atoms with Crippen molar-refractivity contribution in [1.29, 1.82) is 0 Å². The quantitative estimate of drug-likeness (QED) is 0.608. The number of rotatable bonds is 3. The summed E-state index contributed by atoms with van der Waals surface area (Å²) in [6.45, 7) is 4.43. The van der Waals surface area contributed by atoms with Crippen molar-refractivity contribution < 1.29 is 4.79 Å². The number of hydrogen-bond donors (Lipinski definition) is 1. The zero-order valence-corrected chi connectivity index (χ0v) is 15.1. The number of fused-ring (bicyclic) bond motifs is 2. The van der Waals surface area contributed by atoms with Gasteiger partial charge in [0, 0.05) is 30.0 Å². The van der Waals surface area contributed by atoms with Crippen molar-refractivity contribution in [2.24, 2.45) is 0 Å². The Bertz CT molecular complexity index is 1240. The van der Waals surface area contributed by atoms with Gasteiger partial charge in [-0.05, 0) is 38.1 Å². The van der Waals surface area contributed by atoms with Gasteiger partial charge in [-0.3, -0.25) is 14.6 Å². The Labute approximate surface area is 155 Å². The fraction of sp³-hybridized carbons (Fsp3) is 0.143. The predicted molar refractivity (Wildman–Crippen MR) is 106 cm³/mol. The highest BCUT2D eigenvalue weighted by molar-refractivity contribution is 6.09. The largest absolute Gasteiger partial charge is 0.332 e. The highest BCUT2D eigenvalue weighted by atomic mass is 16.2. The van der Waals surface area contributed by atoms with Gasteiger partial charge in [-0.25, -0.2) is 4.98 Å². The summed E-state index contributed by atoms with van der Waals surface area (Å²) in [5, 5.41) is 4.12. The molecule has 6 nitrogen and oxygen atoms in total. The van der Waals surface area contributed by atoms with Crippen LogP contribution in [0.5, 0.6) is 0 Å². The molecule has 27 heavy (non-hydrogen) atoms. The summed E-state index contributed by atoms with van der Waals surface area (Å²) < 4.78 is 1.82. The van der Waals surface area contributed by atoms with E-state index in [1.54, 1.807) is 30.6 Å². The number of amides is 1. The molecule has 134 valence electrons. The zero-order valence-electron chi connectivity index (χ0n) is 15.1. The van der Waals surface area contributed by atoms with Crippen LogP contribution >= 0.6 is 0 Å². The third kappa shape index (κ3) is 2.95. The van der Waals surface area contributed by atoms with Crippen LogP contribution in [0.25, 0.3) is 21.9 Å². The number of aryl methyl sites for hydroxylation is 2. The molecule has 0 spiro atoms. The average Bonchev–Trinajstić information content (AvgIpc) is 2.68. The van der Waals surface area contributed by atoms with Crippen LogP contribution in [-0.4, -0.2) is 20.4 Å². The molecule has 0 saturated heterocycles. The van der Waals surface area contributed by atoms with Crippen molar-refractivity contribution in [3.63, 3.8) is 0 Å². The van der Waals surface area contributed by atoms with E-state index in [1.165, 1.54) is 0 Å². The molecular formula is C21H18N4O2. The van der Waals surface area contributed by atoms with E-state index < -0.39 is 5.91 Å². The molecule has 0 atom stereocenters. The Hall–Kier alpha value is -3.54. The van der Waals surface area contributed by atoms with Crippen molar-refractivity contribution in [3.05, 3.63) is 76.3 Å². The Morgan fingerprint density at radius 1 is 1.11 bits per heavy atom. The van der Waals surface area contributed by atoms with Crippen LogP contribution in [0.2, 0.25) is 0 Å². The Balaban J connectivity index is 1.82. The smallest absolute Gasteiger partial charge is 0.261 e. The lowest BCUT2D eigenvalue weighted by molar-refractivity contribution is 0.102. The number of carbonyl (C=O) groups excluding carboxylic acids is 1. The first-order valence-electron chi connectivity index (χ1n) is 8.74. The molecule has 1 N–H and O–H groups in total. The van der Waals surface area contributed by atoms with Crippen LogP contribution in [0.4, 0.5) is 5.69 Å². The van der Waals surface area contributed by atoms with E-state index >= 15 is 0 Å². The van der Waals surface area contributed by atoms with Gasteiger partial charge in [0.2, 0.25) is 5.43 Å². The van der Waals surface area contributed by atoms with E-state index in [4.69, 9.17) is 0 Å². The van der Waals surface area contributed by atoms with Gasteiger partial charge in [-0.1, -0.05) is 18.2 Å². The summed E-state index contributed by atoms with van der Waals surface area (Å²) in [6.07, 6.45) is 3.21. The molecule has 0 aliphatic carbocycles. The van der Waals surface area contributed by atoms with Gasteiger partial charge in [0.05, 0.1) is 16.6 Å². The molecule has 0 saturated carbocycles. The fourth-order valence-electron chi connectivity index (χ4n) is 3.16. The normalized spacial score (nSPS) is 11.0. The van der Waals surface area contributed by atoms with E-state index in [0.717, 1.165) is 16.6 Å². The number of hydrogen-bond acceptors (Lipinski definition) is 4. The molecule has 0 aliphatic heterocycles. The number of pyridine rings is 3. The minimum atomic E-state index is -0.443. The van der Waals surface area contributed by atoms with Gasteiger partial charge in [-0.2, -0.15) is 0 Å². The van der Waals surface area contributed by atoms with E-state index in [2.05, 4.69) is 15.3 Å². The van der Waals surface area contributed by atoms with Crippen LogP contribution in [0, 0.1) is 6.92 Å². The number of carbonyl (C=O) groups is 1. The second-order valence-corrected chi connectivity index (χ2v) is 6.31. The molecule has 4 aromatic rings. The number of nitrogens with zero attached hydrogens (tertiary/aromatic N) is 3. The van der Waals surface area contributed by atoms with E-state index in [0.29, 0.717) is 23.3 Å². The summed E-state index contributed by atoms with van der Waals surface area (Å²) in [6, 6.07) is 12.8. The molecule has 0 bridgehead atoms. The third-order valence-corrected chi connectivity index (χ3v) is 4.54. The first kappa shape index (κ1) is 16.9. The van der Waals surface area contributed by atoms with Crippen molar-refractivity contribution in [3.8, 4) is 0 Å². The van der Waals surface area contributed by atoms with Gasteiger partial charge in [0.1, 0.15) is 11.2 Å². The summed E-state index contributed by atoms with van der Waals surface area (Å²) in [4.78, 5) is 34.5. The number of para-hydroxylation sites is 1. The molecule has 0 aliphatic rings. The molecular weight excluding hydrogens is 340 g/mol. The van der Waals surface area contributed by atoms with Crippen molar-refractivity contribution in [1.82, 2.24) is 14.5 Å². The first-order chi connectivity index (χ1) is 13.1. The van der Waals surface area contributed by atoms with Crippen LogP contribution in [0.15, 0.2) is 59.7 Å². The van der Waals surface area contributed by atoms with Crippen molar-refractivity contribution >= 4 is 33.5 Å². The van der Waals surface area contributed by atoms with E-state index in [9.17, 15) is 9.59 Å². The predicted octanol–water partition coefficient (Wildman–Crippen LogP) is 3.53. The first-order valence-corrected chi connectivity index (χ1v) is 8.74. The highest BCUT2D eigenvalue weighted by Crippen LogP contribution is 2.21. The lowest BCUT2D eigenvalue weighted by Gasteiger charge is -2.12. The fourth-order valence-corrected chi connectivity index (χ4v) is 3.16. The number of anilines is 1. The van der Waals surface area contributed by atoms with Gasteiger partial charge < -0.3 is 9.88 Å². The number of nitrogens with one attached hydrogen (secondary N) is 1. The molecule has 0 unspecified atom stereocenters. The minimum Gasteiger partial charge on any atom is -0.332 e. The zero-order chi connectivity index (χ0) is 19.0. The van der Waals surface area contributed by atoms with Gasteiger partial charge in [0.15, 0.2) is 0 Å². The average molecular weight is 358 g/mol. The summed E-state index contributed by atoms with van der Waals surface area (Å²) in [5.41, 5.74) is 2.58. The molecule has 0 radical (unpaired) electrons. The van der Waals surface area contributed by atoms with Gasteiger partial charge in [0.25, 0.3) is 5.91 Å². The molecule has 4 rings (SSSR count). The maximum absolute atomic E-state index is 12.9. The van der Waals surface area contributed by atoms with Crippen molar-refractivity contribution in [2.75, 3.05) is 5.32 Å². The van der Waals surface area contributed by atoms with Crippen molar-refractivity contribution in [2.45, 2.75) is 20.4 Å². The van der Waals surface area contributed by atoms with Crippen LogP contribution in [0.3, 0.4) is 0 Å². The standard InChI is InChI=1S/C21H18N4O2/c1-3-25-12-16(19(26)15-9-8-13(2)23-20(15)25)21(27)24-18-10-11-22-17-7-5-4-6-14(17)18/h4-12H,3H2,1-2H3,(H,22,24,27). The summed E-state index contributed by atoms with van der Waals surface area (Å²) in [5.74, 6) is -0.443. The molecule has 3 heterocycles. The van der Waals surface area contributed by atoms with Crippen LogP contribution in [-0.2, 0) is 6.54 Å². The Kier molecular flexibility index (Phi) is 4.16. The second-order valence-electron chi connectivity index (χ2n) is 6.31.